The van der Waals surface area contributed by atoms with E-state index in [4.69, 9.17) is 10.5 Å². The smallest absolute Gasteiger partial charge is 0.128 e. The highest BCUT2D eigenvalue weighted by Crippen LogP contribution is 2.30. The molecule has 3 rings (SSSR count). The van der Waals surface area contributed by atoms with E-state index in [-0.39, 0.29) is 0 Å². The number of benzene rings is 1. The molecular weight excluding hydrogens is 228 g/mol. The van der Waals surface area contributed by atoms with Gasteiger partial charge in [-0.05, 0) is 18.2 Å². The van der Waals surface area contributed by atoms with Gasteiger partial charge in [-0.15, -0.1) is 0 Å². The Morgan fingerprint density at radius 2 is 2.17 bits per heavy atom. The van der Waals surface area contributed by atoms with Gasteiger partial charge in [0.2, 0.25) is 0 Å². The number of aryl methyl sites for hydroxylation is 1. The molecule has 0 saturated carbocycles. The van der Waals surface area contributed by atoms with Crippen molar-refractivity contribution < 1.29 is 4.74 Å². The average Bonchev–Trinajstić information content (AvgIpc) is 2.93. The highest BCUT2D eigenvalue weighted by Gasteiger charge is 2.10. The van der Waals surface area contributed by atoms with Crippen molar-refractivity contribution >= 4 is 16.7 Å². The van der Waals surface area contributed by atoms with Crippen LogP contribution < -0.4 is 10.5 Å². The number of aromatic amines is 1. The van der Waals surface area contributed by atoms with E-state index in [0.717, 1.165) is 28.0 Å². The fraction of sp³-hybridized carbons (Fsp3) is 0.154. The number of nitrogen functional groups attached to an aromatic ring is 1. The van der Waals surface area contributed by atoms with Crippen LogP contribution in [0.25, 0.3) is 22.3 Å². The molecule has 3 N–H and O–H groups in total. The Labute approximate surface area is 104 Å². The van der Waals surface area contributed by atoms with Crippen molar-refractivity contribution in [2.45, 2.75) is 0 Å². The highest BCUT2D eigenvalue weighted by molar-refractivity contribution is 5.90. The van der Waals surface area contributed by atoms with E-state index in [1.54, 1.807) is 11.8 Å². The number of methoxy groups -OCH3 is 1. The zero-order valence-electron chi connectivity index (χ0n) is 10.3. The molecule has 1 aromatic carbocycles. The minimum absolute atomic E-state index is 0.635. The van der Waals surface area contributed by atoms with Gasteiger partial charge < -0.3 is 15.5 Å². The predicted molar refractivity (Wildman–Crippen MR) is 71.5 cm³/mol. The van der Waals surface area contributed by atoms with Crippen molar-refractivity contribution in [2.24, 2.45) is 7.05 Å². The lowest BCUT2D eigenvalue weighted by atomic mass is 10.2. The lowest BCUT2D eigenvalue weighted by molar-refractivity contribution is 0.420. The Morgan fingerprint density at radius 1 is 1.33 bits per heavy atom. The van der Waals surface area contributed by atoms with Crippen molar-refractivity contribution in [3.63, 3.8) is 0 Å². The maximum Gasteiger partial charge on any atom is 0.128 e. The summed E-state index contributed by atoms with van der Waals surface area (Å²) in [5, 5.41) is 5.39. The molecule has 2 aromatic heterocycles. The van der Waals surface area contributed by atoms with E-state index < -0.39 is 0 Å². The minimum Gasteiger partial charge on any atom is -0.496 e. The summed E-state index contributed by atoms with van der Waals surface area (Å²) in [4.78, 5) is 3.32. The summed E-state index contributed by atoms with van der Waals surface area (Å²) in [6, 6.07) is 9.77. The molecule has 18 heavy (non-hydrogen) atoms. The van der Waals surface area contributed by atoms with Crippen LogP contribution in [0.15, 0.2) is 30.3 Å². The number of fused-ring (bicyclic) bond motifs is 1. The molecule has 0 unspecified atom stereocenters. The fourth-order valence-corrected chi connectivity index (χ4v) is 2.06. The molecular formula is C13H14N4O. The van der Waals surface area contributed by atoms with Gasteiger partial charge >= 0.3 is 0 Å². The molecule has 0 saturated heterocycles. The summed E-state index contributed by atoms with van der Waals surface area (Å²) < 4.78 is 6.99. The quantitative estimate of drug-likeness (QED) is 0.723. The van der Waals surface area contributed by atoms with Crippen LogP contribution in [-0.4, -0.2) is 21.9 Å². The Balaban J connectivity index is 2.19. The van der Waals surface area contributed by atoms with Crippen molar-refractivity contribution in [1.29, 1.82) is 0 Å². The molecule has 0 aliphatic heterocycles. The SMILES string of the molecule is COc1cccc2[nH]c(-c3cc(N)n(C)n3)cc12. The minimum atomic E-state index is 0.635. The number of hydrogen-bond donors (Lipinski definition) is 2. The zero-order valence-corrected chi connectivity index (χ0v) is 10.3. The third kappa shape index (κ3) is 1.52. The van der Waals surface area contributed by atoms with Crippen molar-refractivity contribution in [2.75, 3.05) is 12.8 Å². The molecule has 0 atom stereocenters. The van der Waals surface area contributed by atoms with Gasteiger partial charge in [-0.2, -0.15) is 5.10 Å². The number of ether oxygens (including phenoxy) is 1. The van der Waals surface area contributed by atoms with Gasteiger partial charge in [-0.1, -0.05) is 6.07 Å². The molecule has 5 nitrogen and oxygen atoms in total. The highest BCUT2D eigenvalue weighted by atomic mass is 16.5. The van der Waals surface area contributed by atoms with Crippen LogP contribution in [0, 0.1) is 0 Å². The van der Waals surface area contributed by atoms with Gasteiger partial charge in [0.25, 0.3) is 0 Å². The van der Waals surface area contributed by atoms with E-state index in [1.807, 2.05) is 37.4 Å². The number of H-pyrrole nitrogens is 1. The second-order valence-corrected chi connectivity index (χ2v) is 4.18. The third-order valence-corrected chi connectivity index (χ3v) is 3.04. The number of hydrogen-bond acceptors (Lipinski definition) is 3. The summed E-state index contributed by atoms with van der Waals surface area (Å²) in [7, 11) is 3.49. The van der Waals surface area contributed by atoms with Crippen LogP contribution in [0.4, 0.5) is 5.82 Å². The molecule has 3 aromatic rings. The largest absolute Gasteiger partial charge is 0.496 e. The van der Waals surface area contributed by atoms with E-state index in [1.165, 1.54) is 0 Å². The van der Waals surface area contributed by atoms with Crippen molar-refractivity contribution in [3.8, 4) is 17.1 Å². The Morgan fingerprint density at radius 3 is 2.83 bits per heavy atom. The number of rotatable bonds is 2. The summed E-state index contributed by atoms with van der Waals surface area (Å²) in [5.74, 6) is 1.48. The van der Waals surface area contributed by atoms with E-state index in [9.17, 15) is 0 Å². The summed E-state index contributed by atoms with van der Waals surface area (Å²) in [6.07, 6.45) is 0. The van der Waals surface area contributed by atoms with Gasteiger partial charge in [0.1, 0.15) is 17.3 Å². The molecule has 0 aliphatic rings. The van der Waals surface area contributed by atoms with Crippen LogP contribution in [-0.2, 0) is 7.05 Å². The molecule has 0 spiro atoms. The average molecular weight is 242 g/mol. The summed E-state index contributed by atoms with van der Waals surface area (Å²) >= 11 is 0. The molecule has 0 fully saturated rings. The Bertz CT molecular complexity index is 691. The van der Waals surface area contributed by atoms with E-state index in [0.29, 0.717) is 5.82 Å². The van der Waals surface area contributed by atoms with Crippen LogP contribution in [0.3, 0.4) is 0 Å². The van der Waals surface area contributed by atoms with Crippen molar-refractivity contribution in [3.05, 3.63) is 30.3 Å². The number of nitrogens with one attached hydrogen (secondary N) is 1. The lowest BCUT2D eigenvalue weighted by Crippen LogP contribution is -1.96. The normalized spacial score (nSPS) is 11.0. The third-order valence-electron chi connectivity index (χ3n) is 3.04. The monoisotopic (exact) mass is 242 g/mol. The fourth-order valence-electron chi connectivity index (χ4n) is 2.06. The maximum atomic E-state index is 5.79. The first-order valence-corrected chi connectivity index (χ1v) is 5.64. The second-order valence-electron chi connectivity index (χ2n) is 4.18. The Hall–Kier alpha value is -2.43. The van der Waals surface area contributed by atoms with Gasteiger partial charge in [-0.3, -0.25) is 4.68 Å². The van der Waals surface area contributed by atoms with Gasteiger partial charge in [-0.25, -0.2) is 0 Å². The summed E-state index contributed by atoms with van der Waals surface area (Å²) in [6.45, 7) is 0. The van der Waals surface area contributed by atoms with Crippen LogP contribution in [0.5, 0.6) is 5.75 Å². The first-order valence-electron chi connectivity index (χ1n) is 5.64. The first-order chi connectivity index (χ1) is 8.69. The molecule has 0 aliphatic carbocycles. The van der Waals surface area contributed by atoms with Gasteiger partial charge in [0.15, 0.2) is 0 Å². The van der Waals surface area contributed by atoms with E-state index in [2.05, 4.69) is 10.1 Å². The maximum absolute atomic E-state index is 5.79. The standard InChI is InChI=1S/C13H14N4O/c1-17-13(14)7-11(16-17)10-6-8-9(15-10)4-3-5-12(8)18-2/h3-7,15H,14H2,1-2H3. The lowest BCUT2D eigenvalue weighted by Gasteiger charge is -1.99. The second kappa shape index (κ2) is 3.80. The van der Waals surface area contributed by atoms with Crippen LogP contribution >= 0.6 is 0 Å². The predicted octanol–water partition coefficient (Wildman–Crippen LogP) is 2.16. The number of nitrogens with zero attached hydrogens (tertiary/aromatic N) is 2. The molecule has 5 heteroatoms. The molecule has 0 amide bonds. The van der Waals surface area contributed by atoms with Crippen LogP contribution in [0.2, 0.25) is 0 Å². The van der Waals surface area contributed by atoms with Crippen molar-refractivity contribution in [1.82, 2.24) is 14.8 Å². The molecule has 0 bridgehead atoms. The molecule has 92 valence electrons. The topological polar surface area (TPSA) is 68.9 Å². The van der Waals surface area contributed by atoms with E-state index >= 15 is 0 Å². The van der Waals surface area contributed by atoms with Gasteiger partial charge in [0, 0.05) is 24.0 Å². The Kier molecular flexibility index (Phi) is 2.26. The van der Waals surface area contributed by atoms with Crippen LogP contribution in [0.1, 0.15) is 0 Å². The summed E-state index contributed by atoms with van der Waals surface area (Å²) in [5.41, 5.74) is 8.57. The number of nitrogens with two attached hydrogens (primary N) is 1. The molecule has 2 heterocycles. The first kappa shape index (κ1) is 10.7. The number of anilines is 1. The zero-order chi connectivity index (χ0) is 12.7. The van der Waals surface area contributed by atoms with Gasteiger partial charge in [0.05, 0.1) is 12.8 Å². The number of aromatic nitrogens is 3. The molecule has 0 radical (unpaired) electrons.